The smallest absolute Gasteiger partial charge is 0.145 e. The van der Waals surface area contributed by atoms with Gasteiger partial charge in [-0.15, -0.1) is 0 Å². The van der Waals surface area contributed by atoms with Gasteiger partial charge in [0.2, 0.25) is 0 Å². The van der Waals surface area contributed by atoms with Gasteiger partial charge in [-0.05, 0) is 53.6 Å². The van der Waals surface area contributed by atoms with Gasteiger partial charge in [0.05, 0.1) is 27.6 Å². The molecule has 0 unspecified atom stereocenters. The normalized spacial score (nSPS) is 12.2. The first-order valence-electron chi connectivity index (χ1n) is 14.7. The molecule has 0 bridgehead atoms. The number of hydrogen-bond donors (Lipinski definition) is 1. The number of aromatic nitrogens is 2. The van der Waals surface area contributed by atoms with E-state index in [1.165, 1.54) is 43.7 Å². The van der Waals surface area contributed by atoms with Crippen molar-refractivity contribution >= 4 is 76.3 Å². The molecule has 0 fully saturated rings. The number of H-pyrrole nitrogens is 1. The predicted molar refractivity (Wildman–Crippen MR) is 180 cm³/mol. The molecule has 0 spiro atoms. The molecule has 43 heavy (non-hydrogen) atoms. The largest absolute Gasteiger partial charge is 0.455 e. The second-order valence-corrected chi connectivity index (χ2v) is 11.4. The fourth-order valence-electron chi connectivity index (χ4n) is 7.20. The predicted octanol–water partition coefficient (Wildman–Crippen LogP) is 11.1. The minimum Gasteiger partial charge on any atom is -0.455 e. The molecule has 10 rings (SSSR count). The summed E-state index contributed by atoms with van der Waals surface area (Å²) < 4.78 is 9.26. The Morgan fingerprint density at radius 2 is 1.12 bits per heavy atom. The van der Waals surface area contributed by atoms with E-state index in [0.29, 0.717) is 0 Å². The van der Waals surface area contributed by atoms with E-state index in [4.69, 9.17) is 4.42 Å². The first kappa shape index (κ1) is 22.8. The maximum absolute atomic E-state index is 6.83. The van der Waals surface area contributed by atoms with Crippen molar-refractivity contribution in [3.05, 3.63) is 140 Å². The lowest BCUT2D eigenvalue weighted by Gasteiger charge is -2.12. The Kier molecular flexibility index (Phi) is 4.45. The lowest BCUT2D eigenvalue weighted by Crippen LogP contribution is -1.95. The van der Waals surface area contributed by atoms with E-state index in [-0.39, 0.29) is 0 Å². The van der Waals surface area contributed by atoms with E-state index >= 15 is 0 Å². The molecule has 3 aromatic heterocycles. The minimum absolute atomic E-state index is 0.930. The zero-order valence-electron chi connectivity index (χ0n) is 23.1. The zero-order chi connectivity index (χ0) is 28.1. The van der Waals surface area contributed by atoms with Crippen molar-refractivity contribution in [3.8, 4) is 16.8 Å². The lowest BCUT2D eigenvalue weighted by atomic mass is 10.0. The number of nitrogens with one attached hydrogen (secondary N) is 1. The van der Waals surface area contributed by atoms with Crippen molar-refractivity contribution in [1.82, 2.24) is 9.55 Å². The standard InChI is InChI=1S/C40H24N2O/c1-2-10-24(11-3-1)25-18-21-36-31(22-25)27-13-7-9-17-35(27)42(36)37-23-32-29-19-20-34-38(30-15-6-8-16-33(30)41-34)40(29)43-39(32)28-14-5-4-12-26(28)37/h1-23,41H. The van der Waals surface area contributed by atoms with Gasteiger partial charge in [-0.3, -0.25) is 0 Å². The van der Waals surface area contributed by atoms with Crippen LogP contribution >= 0.6 is 0 Å². The summed E-state index contributed by atoms with van der Waals surface area (Å²) in [5.74, 6) is 0. The van der Waals surface area contributed by atoms with Crippen LogP contribution in [0.2, 0.25) is 0 Å². The van der Waals surface area contributed by atoms with Crippen LogP contribution in [0.25, 0.3) is 93.1 Å². The highest BCUT2D eigenvalue weighted by Crippen LogP contribution is 2.43. The Bertz CT molecular complexity index is 2720. The van der Waals surface area contributed by atoms with Crippen LogP contribution in [-0.2, 0) is 0 Å². The molecule has 7 aromatic carbocycles. The second kappa shape index (κ2) is 8.37. The van der Waals surface area contributed by atoms with Crippen LogP contribution < -0.4 is 0 Å². The molecule has 0 aliphatic carbocycles. The monoisotopic (exact) mass is 548 g/mol. The third-order valence-electron chi connectivity index (χ3n) is 9.11. The topological polar surface area (TPSA) is 33.9 Å². The third kappa shape index (κ3) is 3.08. The highest BCUT2D eigenvalue weighted by atomic mass is 16.3. The molecule has 3 heterocycles. The molecule has 0 radical (unpaired) electrons. The Hall–Kier alpha value is -5.80. The number of hydrogen-bond acceptors (Lipinski definition) is 1. The van der Waals surface area contributed by atoms with Gasteiger partial charge in [0, 0.05) is 43.2 Å². The number of fused-ring (bicyclic) bond motifs is 12. The second-order valence-electron chi connectivity index (χ2n) is 11.4. The number of rotatable bonds is 2. The van der Waals surface area contributed by atoms with Crippen molar-refractivity contribution in [2.45, 2.75) is 0 Å². The molecular weight excluding hydrogens is 524 g/mol. The Morgan fingerprint density at radius 3 is 2.00 bits per heavy atom. The van der Waals surface area contributed by atoms with Crippen LogP contribution in [0, 0.1) is 0 Å². The van der Waals surface area contributed by atoms with Crippen molar-refractivity contribution in [2.75, 3.05) is 0 Å². The average molecular weight is 549 g/mol. The molecule has 200 valence electrons. The van der Waals surface area contributed by atoms with Crippen LogP contribution in [0.4, 0.5) is 0 Å². The van der Waals surface area contributed by atoms with Crippen molar-refractivity contribution in [2.24, 2.45) is 0 Å². The van der Waals surface area contributed by atoms with Gasteiger partial charge in [-0.25, -0.2) is 0 Å². The summed E-state index contributed by atoms with van der Waals surface area (Å²) in [6.07, 6.45) is 0. The van der Waals surface area contributed by atoms with Crippen LogP contribution in [0.5, 0.6) is 0 Å². The van der Waals surface area contributed by atoms with Gasteiger partial charge in [0.15, 0.2) is 0 Å². The fraction of sp³-hybridized carbons (Fsp3) is 0. The van der Waals surface area contributed by atoms with Crippen molar-refractivity contribution in [1.29, 1.82) is 0 Å². The summed E-state index contributed by atoms with van der Waals surface area (Å²) in [5, 5.41) is 9.36. The molecule has 0 saturated carbocycles. The first-order chi connectivity index (χ1) is 21.3. The molecule has 1 N–H and O–H groups in total. The SMILES string of the molecule is c1ccc(-c2ccc3c(c2)c2ccccc2n3-c2cc3c4ccc5[nH]c6ccccc6c5c4oc3c3ccccc23)cc1. The highest BCUT2D eigenvalue weighted by molar-refractivity contribution is 6.26. The van der Waals surface area contributed by atoms with E-state index < -0.39 is 0 Å². The highest BCUT2D eigenvalue weighted by Gasteiger charge is 2.20. The summed E-state index contributed by atoms with van der Waals surface area (Å²) >= 11 is 0. The molecule has 3 heteroatoms. The van der Waals surface area contributed by atoms with E-state index in [9.17, 15) is 0 Å². The van der Waals surface area contributed by atoms with Crippen molar-refractivity contribution in [3.63, 3.8) is 0 Å². The molecule has 0 atom stereocenters. The summed E-state index contributed by atoms with van der Waals surface area (Å²) in [4.78, 5) is 3.58. The Labute approximate surface area is 246 Å². The van der Waals surface area contributed by atoms with Crippen LogP contribution in [0.3, 0.4) is 0 Å². The fourth-order valence-corrected chi connectivity index (χ4v) is 7.20. The van der Waals surface area contributed by atoms with Gasteiger partial charge in [0.1, 0.15) is 11.2 Å². The van der Waals surface area contributed by atoms with Gasteiger partial charge < -0.3 is 14.0 Å². The zero-order valence-corrected chi connectivity index (χ0v) is 23.1. The molecule has 0 saturated heterocycles. The quantitative estimate of drug-likeness (QED) is 0.229. The summed E-state index contributed by atoms with van der Waals surface area (Å²) in [5.41, 5.74) is 10.1. The number of aromatic amines is 1. The van der Waals surface area contributed by atoms with E-state index in [2.05, 4.69) is 149 Å². The van der Waals surface area contributed by atoms with Crippen LogP contribution in [0.1, 0.15) is 0 Å². The third-order valence-corrected chi connectivity index (χ3v) is 9.11. The number of para-hydroxylation sites is 2. The number of furan rings is 1. The molecule has 0 amide bonds. The summed E-state index contributed by atoms with van der Waals surface area (Å²) in [6.45, 7) is 0. The van der Waals surface area contributed by atoms with Gasteiger partial charge in [0.25, 0.3) is 0 Å². The lowest BCUT2D eigenvalue weighted by molar-refractivity contribution is 0.676. The van der Waals surface area contributed by atoms with Crippen LogP contribution in [0.15, 0.2) is 144 Å². The van der Waals surface area contributed by atoms with Crippen molar-refractivity contribution < 1.29 is 4.42 Å². The van der Waals surface area contributed by atoms with Gasteiger partial charge >= 0.3 is 0 Å². The summed E-state index contributed by atoms with van der Waals surface area (Å²) in [7, 11) is 0. The van der Waals surface area contributed by atoms with E-state index in [0.717, 1.165) is 49.4 Å². The van der Waals surface area contributed by atoms with E-state index in [1.807, 2.05) is 0 Å². The Balaban J connectivity index is 1.34. The van der Waals surface area contributed by atoms with Gasteiger partial charge in [-0.2, -0.15) is 0 Å². The van der Waals surface area contributed by atoms with Crippen LogP contribution in [-0.4, -0.2) is 9.55 Å². The molecule has 3 nitrogen and oxygen atoms in total. The van der Waals surface area contributed by atoms with E-state index in [1.54, 1.807) is 0 Å². The Morgan fingerprint density at radius 1 is 0.419 bits per heavy atom. The number of nitrogens with zero attached hydrogens (tertiary/aromatic N) is 1. The van der Waals surface area contributed by atoms with Gasteiger partial charge in [-0.1, -0.05) is 97.1 Å². The molecular formula is C40H24N2O. The average Bonchev–Trinajstić information content (AvgIpc) is 3.74. The summed E-state index contributed by atoms with van der Waals surface area (Å²) in [6, 6.07) is 50.1. The maximum atomic E-state index is 6.83. The molecule has 10 aromatic rings. The number of benzene rings is 7. The molecule has 0 aliphatic rings. The maximum Gasteiger partial charge on any atom is 0.145 e. The first-order valence-corrected chi connectivity index (χ1v) is 14.7. The minimum atomic E-state index is 0.930. The molecule has 0 aliphatic heterocycles.